The monoisotopic (exact) mass is 523 g/mol. The highest BCUT2D eigenvalue weighted by molar-refractivity contribution is 8.16. The van der Waals surface area contributed by atoms with E-state index in [0.717, 1.165) is 22.0 Å². The SMILES string of the molecule is CC1=C(C(=O)OCc2ccccc2)[C@@H](c2cccc(Cl)c2)N2C(CC(=O)N3CCOCC3)=CSC2=N1. The number of carbonyl (C=O) groups is 2. The van der Waals surface area contributed by atoms with E-state index in [1.54, 1.807) is 6.07 Å². The van der Waals surface area contributed by atoms with Crippen LogP contribution in [0.5, 0.6) is 0 Å². The summed E-state index contributed by atoms with van der Waals surface area (Å²) in [7, 11) is 0. The summed E-state index contributed by atoms with van der Waals surface area (Å²) in [6.07, 6.45) is 0.203. The second kappa shape index (κ2) is 10.9. The van der Waals surface area contributed by atoms with E-state index in [9.17, 15) is 9.59 Å². The molecular formula is C27H26ClN3O4S. The molecule has 36 heavy (non-hydrogen) atoms. The molecule has 0 spiro atoms. The van der Waals surface area contributed by atoms with Gasteiger partial charge in [0, 0.05) is 23.8 Å². The highest BCUT2D eigenvalue weighted by atomic mass is 35.5. The zero-order chi connectivity index (χ0) is 25.1. The maximum atomic E-state index is 13.5. The minimum absolute atomic E-state index is 0.0238. The Morgan fingerprint density at radius 1 is 1.14 bits per heavy atom. The number of aliphatic imine (C=N–C) groups is 1. The van der Waals surface area contributed by atoms with Crippen molar-refractivity contribution >= 4 is 40.4 Å². The molecule has 0 saturated carbocycles. The van der Waals surface area contributed by atoms with Crippen molar-refractivity contribution in [3.8, 4) is 0 Å². The number of esters is 1. The molecule has 9 heteroatoms. The van der Waals surface area contributed by atoms with E-state index in [0.29, 0.717) is 42.6 Å². The van der Waals surface area contributed by atoms with Gasteiger partial charge in [0.1, 0.15) is 6.61 Å². The molecule has 2 aromatic rings. The smallest absolute Gasteiger partial charge is 0.338 e. The summed E-state index contributed by atoms with van der Waals surface area (Å²) in [5.41, 5.74) is 3.54. The fourth-order valence-corrected chi connectivity index (χ4v) is 5.67. The van der Waals surface area contributed by atoms with Gasteiger partial charge in [0.25, 0.3) is 0 Å². The van der Waals surface area contributed by atoms with Crippen LogP contribution < -0.4 is 0 Å². The molecule has 0 bridgehead atoms. The summed E-state index contributed by atoms with van der Waals surface area (Å²) < 4.78 is 11.1. The molecule has 0 aliphatic carbocycles. The van der Waals surface area contributed by atoms with E-state index in [1.165, 1.54) is 11.8 Å². The number of amidine groups is 1. The molecule has 3 aliphatic heterocycles. The molecule has 1 fully saturated rings. The Labute approximate surface area is 219 Å². The fraction of sp³-hybridized carbons (Fsp3) is 0.296. The van der Waals surface area contributed by atoms with Gasteiger partial charge in [0.2, 0.25) is 5.91 Å². The lowest BCUT2D eigenvalue weighted by Crippen LogP contribution is -2.42. The Balaban J connectivity index is 1.45. The van der Waals surface area contributed by atoms with E-state index in [1.807, 2.05) is 70.7 Å². The highest BCUT2D eigenvalue weighted by Gasteiger charge is 2.41. The second-order valence-corrected chi connectivity index (χ2v) is 9.95. The Hall–Kier alpha value is -3.07. The third-order valence-corrected chi connectivity index (χ3v) is 7.42. The van der Waals surface area contributed by atoms with Gasteiger partial charge in [0.05, 0.1) is 36.9 Å². The highest BCUT2D eigenvalue weighted by Crippen LogP contribution is 2.45. The number of hydrogen-bond donors (Lipinski definition) is 0. The molecule has 0 unspecified atom stereocenters. The molecule has 5 rings (SSSR count). The molecular weight excluding hydrogens is 498 g/mol. The first kappa shape index (κ1) is 24.6. The molecule has 186 valence electrons. The van der Waals surface area contributed by atoms with Gasteiger partial charge in [-0.25, -0.2) is 9.79 Å². The van der Waals surface area contributed by atoms with Gasteiger partial charge in [-0.2, -0.15) is 0 Å². The van der Waals surface area contributed by atoms with E-state index < -0.39 is 12.0 Å². The third kappa shape index (κ3) is 5.21. The molecule has 2 aromatic carbocycles. The van der Waals surface area contributed by atoms with Crippen LogP contribution in [0.15, 0.2) is 82.0 Å². The fourth-order valence-electron chi connectivity index (χ4n) is 4.50. The number of amides is 1. The summed E-state index contributed by atoms with van der Waals surface area (Å²) in [6.45, 7) is 4.21. The zero-order valence-electron chi connectivity index (χ0n) is 19.9. The molecule has 3 aliphatic rings. The average Bonchev–Trinajstić information content (AvgIpc) is 3.29. The molecule has 1 atom stereocenters. The maximum absolute atomic E-state index is 13.5. The van der Waals surface area contributed by atoms with Crippen molar-refractivity contribution in [2.45, 2.75) is 26.0 Å². The largest absolute Gasteiger partial charge is 0.457 e. The summed E-state index contributed by atoms with van der Waals surface area (Å²) >= 11 is 7.81. The van der Waals surface area contributed by atoms with Crippen LogP contribution in [0.2, 0.25) is 5.02 Å². The second-order valence-electron chi connectivity index (χ2n) is 8.68. The Morgan fingerprint density at radius 2 is 1.92 bits per heavy atom. The average molecular weight is 524 g/mol. The van der Waals surface area contributed by atoms with Crippen molar-refractivity contribution in [1.29, 1.82) is 0 Å². The van der Waals surface area contributed by atoms with Crippen LogP contribution in [0.4, 0.5) is 0 Å². The minimum atomic E-state index is -0.516. The van der Waals surface area contributed by atoms with Crippen LogP contribution >= 0.6 is 23.4 Å². The van der Waals surface area contributed by atoms with Crippen molar-refractivity contribution in [3.05, 3.63) is 93.1 Å². The lowest BCUT2D eigenvalue weighted by Gasteiger charge is -2.37. The summed E-state index contributed by atoms with van der Waals surface area (Å²) in [5, 5.41) is 3.23. The third-order valence-electron chi connectivity index (χ3n) is 6.29. The van der Waals surface area contributed by atoms with Crippen molar-refractivity contribution < 1.29 is 19.1 Å². The zero-order valence-corrected chi connectivity index (χ0v) is 21.4. The maximum Gasteiger partial charge on any atom is 0.338 e. The number of halogens is 1. The number of carbonyl (C=O) groups excluding carboxylic acids is 2. The van der Waals surface area contributed by atoms with Crippen LogP contribution in [-0.4, -0.2) is 53.1 Å². The first-order chi connectivity index (χ1) is 17.5. The number of morpholine rings is 1. The Morgan fingerprint density at radius 3 is 2.67 bits per heavy atom. The van der Waals surface area contributed by atoms with Crippen LogP contribution in [-0.2, 0) is 25.7 Å². The minimum Gasteiger partial charge on any atom is -0.457 e. The Bertz CT molecular complexity index is 1250. The van der Waals surface area contributed by atoms with E-state index in [2.05, 4.69) is 0 Å². The molecule has 1 saturated heterocycles. The van der Waals surface area contributed by atoms with Gasteiger partial charge in [-0.3, -0.25) is 4.79 Å². The van der Waals surface area contributed by atoms with E-state index in [-0.39, 0.29) is 18.9 Å². The van der Waals surface area contributed by atoms with Crippen molar-refractivity contribution in [3.63, 3.8) is 0 Å². The lowest BCUT2D eigenvalue weighted by molar-refractivity contribution is -0.141. The number of hydrogen-bond acceptors (Lipinski definition) is 7. The van der Waals surface area contributed by atoms with Crippen molar-refractivity contribution in [2.75, 3.05) is 26.3 Å². The molecule has 7 nitrogen and oxygen atoms in total. The predicted octanol–water partition coefficient (Wildman–Crippen LogP) is 4.91. The quantitative estimate of drug-likeness (QED) is 0.501. The number of allylic oxidation sites excluding steroid dienone is 1. The summed E-state index contributed by atoms with van der Waals surface area (Å²) in [5.74, 6) is -0.421. The van der Waals surface area contributed by atoms with Gasteiger partial charge in [-0.1, -0.05) is 65.8 Å². The Kier molecular flexibility index (Phi) is 7.46. The molecule has 0 N–H and O–H groups in total. The van der Waals surface area contributed by atoms with Crippen LogP contribution in [0.1, 0.15) is 30.5 Å². The van der Waals surface area contributed by atoms with Crippen LogP contribution in [0.25, 0.3) is 0 Å². The van der Waals surface area contributed by atoms with E-state index >= 15 is 0 Å². The van der Waals surface area contributed by atoms with Crippen molar-refractivity contribution in [2.24, 2.45) is 4.99 Å². The standard InChI is InChI=1S/C27H26ClN3O4S/c1-18-24(26(33)35-16-19-6-3-2-4-7-19)25(20-8-5-9-21(28)14-20)31-22(17-36-27(31)29-18)15-23(32)30-10-12-34-13-11-30/h2-9,14,17,25H,10-13,15-16H2,1H3/t25-/m1/s1. The summed E-state index contributed by atoms with van der Waals surface area (Å²) in [6, 6.07) is 16.5. The molecule has 0 aromatic heterocycles. The molecule has 3 heterocycles. The van der Waals surface area contributed by atoms with Gasteiger partial charge in [-0.15, -0.1) is 0 Å². The summed E-state index contributed by atoms with van der Waals surface area (Å²) in [4.78, 5) is 35.1. The number of nitrogens with zero attached hydrogens (tertiary/aromatic N) is 3. The predicted molar refractivity (Wildman–Crippen MR) is 140 cm³/mol. The number of thioether (sulfide) groups is 1. The van der Waals surface area contributed by atoms with Gasteiger partial charge in [0.15, 0.2) is 5.17 Å². The molecule has 0 radical (unpaired) electrons. The van der Waals surface area contributed by atoms with Gasteiger partial charge >= 0.3 is 5.97 Å². The first-order valence-electron chi connectivity index (χ1n) is 11.8. The number of fused-ring (bicyclic) bond motifs is 1. The topological polar surface area (TPSA) is 71.4 Å². The van der Waals surface area contributed by atoms with Gasteiger partial charge in [-0.05, 0) is 35.6 Å². The van der Waals surface area contributed by atoms with Crippen molar-refractivity contribution in [1.82, 2.24) is 9.80 Å². The van der Waals surface area contributed by atoms with Gasteiger partial charge < -0.3 is 19.3 Å². The number of benzene rings is 2. The van der Waals surface area contributed by atoms with E-state index in [4.69, 9.17) is 26.1 Å². The number of ether oxygens (including phenoxy) is 2. The van der Waals surface area contributed by atoms with Crippen LogP contribution in [0, 0.1) is 0 Å². The number of rotatable bonds is 6. The lowest BCUT2D eigenvalue weighted by atomic mass is 9.94. The normalized spacial score (nSPS) is 19.6. The van der Waals surface area contributed by atoms with Crippen LogP contribution in [0.3, 0.4) is 0 Å². The molecule has 1 amide bonds. The first-order valence-corrected chi connectivity index (χ1v) is 13.0.